The van der Waals surface area contributed by atoms with Gasteiger partial charge < -0.3 is 9.30 Å². The molecule has 0 spiro atoms. The number of fused-ring (bicyclic) bond motifs is 1. The highest BCUT2D eigenvalue weighted by molar-refractivity contribution is 7.99. The van der Waals surface area contributed by atoms with Gasteiger partial charge in [-0.3, -0.25) is 9.59 Å². The van der Waals surface area contributed by atoms with Crippen LogP contribution in [0.15, 0.2) is 52.4 Å². The van der Waals surface area contributed by atoms with E-state index < -0.39 is 0 Å². The molecule has 0 fully saturated rings. The quantitative estimate of drug-likeness (QED) is 0.0887. The Hall–Kier alpha value is -2.88. The van der Waals surface area contributed by atoms with Crippen molar-refractivity contribution in [1.29, 1.82) is 0 Å². The summed E-state index contributed by atoms with van der Waals surface area (Å²) in [5.41, 5.74) is 0.691. The first-order chi connectivity index (χ1) is 18.3. The van der Waals surface area contributed by atoms with Crippen LogP contribution in [0.3, 0.4) is 0 Å². The number of nitrogens with zero attached hydrogens (tertiary/aromatic N) is 5. The Kier molecular flexibility index (Phi) is 9.82. The van der Waals surface area contributed by atoms with Gasteiger partial charge in [0, 0.05) is 36.7 Å². The van der Waals surface area contributed by atoms with Crippen LogP contribution in [-0.4, -0.2) is 36.3 Å². The summed E-state index contributed by atoms with van der Waals surface area (Å²) >= 11 is 13.6. The minimum absolute atomic E-state index is 0.110. The molecule has 0 amide bonds. The maximum atomic E-state index is 12.4. The van der Waals surface area contributed by atoms with Crippen molar-refractivity contribution >= 4 is 51.7 Å². The number of hydrogen-bond donors (Lipinski definition) is 0. The summed E-state index contributed by atoms with van der Waals surface area (Å²) in [7, 11) is 3.62. The first-order valence-corrected chi connectivity index (χ1v) is 14.2. The topological polar surface area (TPSA) is 91.9 Å². The Morgan fingerprint density at radius 1 is 0.974 bits per heavy atom. The molecule has 0 bridgehead atoms. The lowest BCUT2D eigenvalue weighted by atomic mass is 10.1. The van der Waals surface area contributed by atoms with E-state index in [2.05, 4.69) is 15.3 Å². The predicted molar refractivity (Wildman–Crippen MR) is 151 cm³/mol. The van der Waals surface area contributed by atoms with Gasteiger partial charge in [0.2, 0.25) is 0 Å². The molecule has 0 saturated heterocycles. The van der Waals surface area contributed by atoms with E-state index >= 15 is 0 Å². The van der Waals surface area contributed by atoms with Crippen molar-refractivity contribution in [2.75, 3.05) is 5.75 Å². The third-order valence-electron chi connectivity index (χ3n) is 6.16. The molecule has 0 saturated carbocycles. The van der Waals surface area contributed by atoms with Crippen molar-refractivity contribution in [1.82, 2.24) is 24.5 Å². The van der Waals surface area contributed by atoms with E-state index in [4.69, 9.17) is 27.9 Å². The van der Waals surface area contributed by atoms with Crippen molar-refractivity contribution in [3.63, 3.8) is 0 Å². The molecule has 8 nitrogen and oxygen atoms in total. The van der Waals surface area contributed by atoms with Gasteiger partial charge in [0.25, 0.3) is 5.56 Å². The van der Waals surface area contributed by atoms with Crippen LogP contribution in [0.1, 0.15) is 50.0 Å². The molecule has 4 aromatic rings. The number of carbonyl (C=O) groups excluding carboxylic acids is 1. The maximum Gasteiger partial charge on any atom is 0.311 e. The number of ether oxygens (including phenoxy) is 1. The maximum absolute atomic E-state index is 12.4. The zero-order valence-corrected chi connectivity index (χ0v) is 23.7. The highest BCUT2D eigenvalue weighted by Gasteiger charge is 2.15. The van der Waals surface area contributed by atoms with Crippen LogP contribution in [0.25, 0.3) is 10.8 Å². The number of rotatable bonds is 12. The highest BCUT2D eigenvalue weighted by Crippen LogP contribution is 2.28. The van der Waals surface area contributed by atoms with Gasteiger partial charge in [-0.25, -0.2) is 4.68 Å². The lowest BCUT2D eigenvalue weighted by Crippen LogP contribution is -2.21. The summed E-state index contributed by atoms with van der Waals surface area (Å²) in [5.74, 6) is 1.78. The van der Waals surface area contributed by atoms with Gasteiger partial charge in [-0.1, -0.05) is 72.4 Å². The highest BCUT2D eigenvalue weighted by atomic mass is 35.5. The van der Waals surface area contributed by atoms with Gasteiger partial charge in [0.1, 0.15) is 11.6 Å². The van der Waals surface area contributed by atoms with Crippen LogP contribution in [-0.2, 0) is 25.3 Å². The van der Waals surface area contributed by atoms with Crippen LogP contribution >= 0.6 is 35.0 Å². The number of aryl methyl sites for hydroxylation is 1. The van der Waals surface area contributed by atoms with Crippen LogP contribution in [0.2, 0.25) is 10.0 Å². The number of halogens is 2. The van der Waals surface area contributed by atoms with E-state index in [9.17, 15) is 9.59 Å². The Balaban J connectivity index is 1.17. The number of benzene rings is 2. The number of thioether (sulfide) groups is 1. The normalized spacial score (nSPS) is 11.3. The van der Waals surface area contributed by atoms with E-state index in [1.807, 2.05) is 35.9 Å². The molecule has 0 aliphatic heterocycles. The van der Waals surface area contributed by atoms with E-state index in [0.717, 1.165) is 59.9 Å². The van der Waals surface area contributed by atoms with Gasteiger partial charge >= 0.3 is 5.97 Å². The first kappa shape index (κ1) is 28.1. The van der Waals surface area contributed by atoms with Crippen molar-refractivity contribution in [3.05, 3.63) is 74.4 Å². The fourth-order valence-electron chi connectivity index (χ4n) is 4.08. The van der Waals surface area contributed by atoms with Crippen LogP contribution in [0, 0.1) is 0 Å². The van der Waals surface area contributed by atoms with Crippen molar-refractivity contribution < 1.29 is 9.53 Å². The molecular weight excluding hydrogens is 545 g/mol. The number of aromatic nitrogens is 5. The minimum Gasteiger partial charge on any atom is -0.425 e. The smallest absolute Gasteiger partial charge is 0.311 e. The molecule has 0 aliphatic carbocycles. The van der Waals surface area contributed by atoms with Gasteiger partial charge in [-0.15, -0.1) is 10.2 Å². The molecule has 2 heterocycles. The summed E-state index contributed by atoms with van der Waals surface area (Å²) in [6.07, 6.45) is 5.75. The van der Waals surface area contributed by atoms with Gasteiger partial charge in [-0.05, 0) is 37.1 Å². The van der Waals surface area contributed by atoms with Crippen molar-refractivity contribution in [2.45, 2.75) is 50.1 Å². The third kappa shape index (κ3) is 7.15. The van der Waals surface area contributed by atoms with E-state index in [0.29, 0.717) is 34.0 Å². The molecule has 0 N–H and O–H groups in total. The third-order valence-corrected chi connectivity index (χ3v) is 7.79. The number of esters is 1. The molecule has 2 aromatic carbocycles. The van der Waals surface area contributed by atoms with Crippen molar-refractivity contribution in [3.8, 4) is 5.75 Å². The number of unbranched alkanes of at least 4 members (excludes halogenated alkanes) is 4. The summed E-state index contributed by atoms with van der Waals surface area (Å²) < 4.78 is 8.68. The summed E-state index contributed by atoms with van der Waals surface area (Å²) in [4.78, 5) is 24.4. The minimum atomic E-state index is -0.288. The number of carbonyl (C=O) groups is 1. The molecule has 4 rings (SSSR count). The summed E-state index contributed by atoms with van der Waals surface area (Å²) in [6, 6.07) is 12.3. The van der Waals surface area contributed by atoms with Gasteiger partial charge in [0.15, 0.2) is 5.16 Å². The molecular formula is C27H29Cl2N5O3S. The molecule has 11 heteroatoms. The van der Waals surface area contributed by atoms with Crippen LogP contribution < -0.4 is 10.3 Å². The van der Waals surface area contributed by atoms with Gasteiger partial charge in [0.05, 0.1) is 22.5 Å². The standard InChI is InChI=1S/C27H29Cl2N5O3S/c1-33-24(17-22-19-10-7-8-11-20(19)26(36)34(2)32-22)30-31-27(33)38-15-9-5-3-4-6-12-25(35)37-23-14-13-18(28)16-21(23)29/h7-8,10-11,13-14,16H,3-6,9,12,15,17H2,1-2H3. The lowest BCUT2D eigenvalue weighted by Gasteiger charge is -2.08. The Morgan fingerprint density at radius 2 is 1.71 bits per heavy atom. The van der Waals surface area contributed by atoms with Crippen LogP contribution in [0.5, 0.6) is 5.75 Å². The predicted octanol–water partition coefficient (Wildman–Crippen LogP) is 6.00. The zero-order valence-electron chi connectivity index (χ0n) is 21.3. The van der Waals surface area contributed by atoms with E-state index in [-0.39, 0.29) is 11.5 Å². The van der Waals surface area contributed by atoms with E-state index in [1.54, 1.807) is 37.0 Å². The number of hydrogen-bond acceptors (Lipinski definition) is 7. The second-order valence-corrected chi connectivity index (χ2v) is 10.9. The fourth-order valence-corrected chi connectivity index (χ4v) is 5.45. The molecule has 0 aliphatic rings. The molecule has 0 unspecified atom stereocenters. The lowest BCUT2D eigenvalue weighted by molar-refractivity contribution is -0.134. The Labute approximate surface area is 235 Å². The second-order valence-electron chi connectivity index (χ2n) is 8.97. The molecule has 2 aromatic heterocycles. The fraction of sp³-hybridized carbons (Fsp3) is 0.370. The molecule has 0 radical (unpaired) electrons. The second kappa shape index (κ2) is 13.3. The SMILES string of the molecule is Cn1c(Cc2nn(C)c(=O)c3ccccc23)nnc1SCCCCCCCC(=O)Oc1ccc(Cl)cc1Cl. The van der Waals surface area contributed by atoms with Crippen molar-refractivity contribution in [2.24, 2.45) is 14.1 Å². The first-order valence-electron chi connectivity index (χ1n) is 12.4. The summed E-state index contributed by atoms with van der Waals surface area (Å²) in [5, 5.41) is 16.4. The average molecular weight is 575 g/mol. The van der Waals surface area contributed by atoms with Gasteiger partial charge in [-0.2, -0.15) is 5.10 Å². The summed E-state index contributed by atoms with van der Waals surface area (Å²) in [6.45, 7) is 0. The zero-order chi connectivity index (χ0) is 27.1. The molecule has 200 valence electrons. The molecule has 0 atom stereocenters. The largest absolute Gasteiger partial charge is 0.425 e. The Morgan fingerprint density at radius 3 is 2.50 bits per heavy atom. The van der Waals surface area contributed by atoms with E-state index in [1.165, 1.54) is 4.68 Å². The van der Waals surface area contributed by atoms with Crippen LogP contribution in [0.4, 0.5) is 0 Å². The Bertz CT molecular complexity index is 1490. The molecule has 38 heavy (non-hydrogen) atoms. The average Bonchev–Trinajstić information content (AvgIpc) is 3.24. The monoisotopic (exact) mass is 573 g/mol.